The highest BCUT2D eigenvalue weighted by Gasteiger charge is 2.16. The Morgan fingerprint density at radius 2 is 2.56 bits per heavy atom. The van der Waals surface area contributed by atoms with Crippen molar-refractivity contribution in [2.24, 2.45) is 0 Å². The second-order valence-corrected chi connectivity index (χ2v) is 4.46. The van der Waals surface area contributed by atoms with Crippen LogP contribution in [0.25, 0.3) is 0 Å². The molecule has 1 atom stereocenters. The Balaban J connectivity index is 1.79. The average molecular weight is 253 g/mol. The Bertz CT molecular complexity index is 386. The van der Waals surface area contributed by atoms with Crippen molar-refractivity contribution in [1.82, 2.24) is 9.78 Å². The first kappa shape index (κ1) is 13.0. The molecule has 1 fully saturated rings. The van der Waals surface area contributed by atoms with E-state index in [0.717, 1.165) is 26.0 Å². The number of amides is 1. The number of aliphatic hydroxyl groups is 1. The van der Waals surface area contributed by atoms with Crippen LogP contribution in [0.5, 0.6) is 0 Å². The molecular formula is C12H19N3O3. The number of rotatable bonds is 6. The van der Waals surface area contributed by atoms with Crippen LogP contribution in [0.4, 0.5) is 5.69 Å². The van der Waals surface area contributed by atoms with Gasteiger partial charge in [0.1, 0.15) is 0 Å². The van der Waals surface area contributed by atoms with Crippen molar-refractivity contribution in [2.45, 2.75) is 38.3 Å². The quantitative estimate of drug-likeness (QED) is 0.785. The Labute approximate surface area is 106 Å². The van der Waals surface area contributed by atoms with Gasteiger partial charge in [-0.25, -0.2) is 0 Å². The van der Waals surface area contributed by atoms with Gasteiger partial charge in [0.2, 0.25) is 5.91 Å². The largest absolute Gasteiger partial charge is 0.396 e. The molecule has 0 spiro atoms. The fourth-order valence-corrected chi connectivity index (χ4v) is 1.99. The van der Waals surface area contributed by atoms with E-state index in [2.05, 4.69) is 10.4 Å². The Morgan fingerprint density at radius 3 is 3.28 bits per heavy atom. The van der Waals surface area contributed by atoms with Gasteiger partial charge in [-0.15, -0.1) is 0 Å². The summed E-state index contributed by atoms with van der Waals surface area (Å²) in [5.41, 5.74) is 0.691. The minimum atomic E-state index is -0.0966. The molecule has 0 saturated carbocycles. The molecule has 6 nitrogen and oxygen atoms in total. The van der Waals surface area contributed by atoms with Gasteiger partial charge in [0.25, 0.3) is 0 Å². The minimum absolute atomic E-state index is 0.0334. The van der Waals surface area contributed by atoms with Gasteiger partial charge in [-0.05, 0) is 19.3 Å². The highest BCUT2D eigenvalue weighted by molar-refractivity contribution is 5.90. The van der Waals surface area contributed by atoms with Crippen molar-refractivity contribution in [2.75, 3.05) is 18.5 Å². The Hall–Kier alpha value is -1.40. The SMILES string of the molecule is O=C(CCCO)Nc1cnn(CC2CCCO2)c1. The maximum absolute atomic E-state index is 11.4. The standard InChI is InChI=1S/C12H19N3O3/c16-5-1-4-12(17)14-10-7-13-15(8-10)9-11-3-2-6-18-11/h7-8,11,16H,1-6,9H2,(H,14,17). The minimum Gasteiger partial charge on any atom is -0.396 e. The van der Waals surface area contributed by atoms with E-state index in [4.69, 9.17) is 9.84 Å². The molecule has 1 aromatic rings. The van der Waals surface area contributed by atoms with E-state index in [9.17, 15) is 4.79 Å². The van der Waals surface area contributed by atoms with Gasteiger partial charge in [0.05, 0.1) is 24.5 Å². The van der Waals surface area contributed by atoms with E-state index < -0.39 is 0 Å². The van der Waals surface area contributed by atoms with Gasteiger partial charge in [0.15, 0.2) is 0 Å². The summed E-state index contributed by atoms with van der Waals surface area (Å²) in [7, 11) is 0. The summed E-state index contributed by atoms with van der Waals surface area (Å²) in [6.45, 7) is 1.59. The number of aliphatic hydroxyl groups excluding tert-OH is 1. The number of anilines is 1. The Kier molecular flexibility index (Phi) is 4.72. The second kappa shape index (κ2) is 6.51. The van der Waals surface area contributed by atoms with Crippen LogP contribution in [0.15, 0.2) is 12.4 Å². The summed E-state index contributed by atoms with van der Waals surface area (Å²) in [4.78, 5) is 11.4. The van der Waals surface area contributed by atoms with Crippen molar-refractivity contribution < 1.29 is 14.6 Å². The van der Waals surface area contributed by atoms with Crippen molar-refractivity contribution in [1.29, 1.82) is 0 Å². The van der Waals surface area contributed by atoms with Crippen LogP contribution in [-0.4, -0.2) is 40.1 Å². The van der Waals surface area contributed by atoms with E-state index in [1.54, 1.807) is 17.1 Å². The van der Waals surface area contributed by atoms with Crippen molar-refractivity contribution in [3.63, 3.8) is 0 Å². The van der Waals surface area contributed by atoms with Gasteiger partial charge in [0, 0.05) is 25.8 Å². The molecule has 1 aromatic heterocycles. The zero-order valence-electron chi connectivity index (χ0n) is 10.3. The molecule has 18 heavy (non-hydrogen) atoms. The Morgan fingerprint density at radius 1 is 1.67 bits per heavy atom. The molecule has 2 rings (SSSR count). The fourth-order valence-electron chi connectivity index (χ4n) is 1.99. The molecule has 0 radical (unpaired) electrons. The number of carbonyl (C=O) groups excluding carboxylic acids is 1. The van der Waals surface area contributed by atoms with Crippen LogP contribution in [0.1, 0.15) is 25.7 Å². The lowest BCUT2D eigenvalue weighted by Gasteiger charge is -2.08. The maximum atomic E-state index is 11.4. The number of nitrogens with zero attached hydrogens (tertiary/aromatic N) is 2. The summed E-state index contributed by atoms with van der Waals surface area (Å²) in [6, 6.07) is 0. The third-order valence-electron chi connectivity index (χ3n) is 2.89. The zero-order valence-corrected chi connectivity index (χ0v) is 10.3. The highest BCUT2D eigenvalue weighted by Crippen LogP contribution is 2.15. The monoisotopic (exact) mass is 253 g/mol. The molecule has 1 saturated heterocycles. The van der Waals surface area contributed by atoms with Crippen molar-refractivity contribution >= 4 is 11.6 Å². The van der Waals surface area contributed by atoms with Gasteiger partial charge in [-0.1, -0.05) is 0 Å². The number of hydrogen-bond donors (Lipinski definition) is 2. The van der Waals surface area contributed by atoms with Crippen molar-refractivity contribution in [3.8, 4) is 0 Å². The molecule has 2 N–H and O–H groups in total. The predicted octanol–water partition coefficient (Wildman–Crippen LogP) is 0.773. The van der Waals surface area contributed by atoms with Crippen LogP contribution >= 0.6 is 0 Å². The molecule has 0 aromatic carbocycles. The molecule has 1 aliphatic rings. The van der Waals surface area contributed by atoms with Crippen LogP contribution in [0.3, 0.4) is 0 Å². The number of aromatic nitrogens is 2. The lowest BCUT2D eigenvalue weighted by molar-refractivity contribution is -0.116. The molecule has 6 heteroatoms. The normalized spacial score (nSPS) is 19.1. The van der Waals surface area contributed by atoms with Crippen molar-refractivity contribution in [3.05, 3.63) is 12.4 Å². The summed E-state index contributed by atoms with van der Waals surface area (Å²) in [5, 5.41) is 15.6. The lowest BCUT2D eigenvalue weighted by Crippen LogP contribution is -2.15. The van der Waals surface area contributed by atoms with Gasteiger partial charge >= 0.3 is 0 Å². The number of nitrogens with one attached hydrogen (secondary N) is 1. The third-order valence-corrected chi connectivity index (χ3v) is 2.89. The molecule has 1 amide bonds. The number of hydrogen-bond acceptors (Lipinski definition) is 4. The first-order valence-corrected chi connectivity index (χ1v) is 6.32. The van der Waals surface area contributed by atoms with Crippen LogP contribution in [0.2, 0.25) is 0 Å². The summed E-state index contributed by atoms with van der Waals surface area (Å²) in [5.74, 6) is -0.0966. The summed E-state index contributed by atoms with van der Waals surface area (Å²) >= 11 is 0. The molecule has 2 heterocycles. The van der Waals surface area contributed by atoms with E-state index in [0.29, 0.717) is 18.5 Å². The predicted molar refractivity (Wildman–Crippen MR) is 66.2 cm³/mol. The summed E-state index contributed by atoms with van der Waals surface area (Å²) < 4.78 is 7.31. The smallest absolute Gasteiger partial charge is 0.224 e. The molecule has 0 bridgehead atoms. The average Bonchev–Trinajstić information content (AvgIpc) is 2.99. The van der Waals surface area contributed by atoms with E-state index in [1.165, 1.54) is 0 Å². The second-order valence-electron chi connectivity index (χ2n) is 4.46. The van der Waals surface area contributed by atoms with Crippen LogP contribution in [-0.2, 0) is 16.1 Å². The molecule has 0 aliphatic carbocycles. The topological polar surface area (TPSA) is 76.4 Å². The highest BCUT2D eigenvalue weighted by atomic mass is 16.5. The number of ether oxygens (including phenoxy) is 1. The first-order valence-electron chi connectivity index (χ1n) is 6.32. The molecule has 1 aliphatic heterocycles. The molecule has 1 unspecified atom stereocenters. The zero-order chi connectivity index (χ0) is 12.8. The summed E-state index contributed by atoms with van der Waals surface area (Å²) in [6.07, 6.45) is 6.66. The first-order chi connectivity index (χ1) is 8.78. The van der Waals surface area contributed by atoms with Gasteiger partial charge < -0.3 is 15.2 Å². The van der Waals surface area contributed by atoms with E-state index >= 15 is 0 Å². The van der Waals surface area contributed by atoms with Crippen LogP contribution < -0.4 is 5.32 Å². The van der Waals surface area contributed by atoms with Gasteiger partial charge in [-0.2, -0.15) is 5.10 Å². The lowest BCUT2D eigenvalue weighted by atomic mass is 10.2. The fraction of sp³-hybridized carbons (Fsp3) is 0.667. The van der Waals surface area contributed by atoms with Gasteiger partial charge in [-0.3, -0.25) is 9.48 Å². The third kappa shape index (κ3) is 3.82. The molecule has 100 valence electrons. The van der Waals surface area contributed by atoms with E-state index in [1.807, 2.05) is 0 Å². The van der Waals surface area contributed by atoms with Crippen LogP contribution in [0, 0.1) is 0 Å². The maximum Gasteiger partial charge on any atom is 0.224 e. The number of carbonyl (C=O) groups is 1. The van der Waals surface area contributed by atoms with E-state index in [-0.39, 0.29) is 18.6 Å². The molecular weight excluding hydrogens is 234 g/mol.